The van der Waals surface area contributed by atoms with Gasteiger partial charge in [-0.3, -0.25) is 9.48 Å². The third-order valence-corrected chi connectivity index (χ3v) is 5.05. The van der Waals surface area contributed by atoms with Gasteiger partial charge in [0.1, 0.15) is 17.9 Å². The van der Waals surface area contributed by atoms with Gasteiger partial charge in [0.25, 0.3) is 0 Å². The largest absolute Gasteiger partial charge is 0.497 e. The van der Waals surface area contributed by atoms with Crippen molar-refractivity contribution in [3.05, 3.63) is 42.4 Å². The van der Waals surface area contributed by atoms with Gasteiger partial charge in [0.15, 0.2) is 11.4 Å². The summed E-state index contributed by atoms with van der Waals surface area (Å²) in [7, 11) is 3.50. The Hall–Kier alpha value is -2.96. The average molecular weight is 351 g/mol. The molecule has 4 rings (SSSR count). The summed E-state index contributed by atoms with van der Waals surface area (Å²) < 4.78 is 6.91. The lowest BCUT2D eigenvalue weighted by molar-refractivity contribution is 0.0900. The number of aromatic nitrogens is 4. The monoisotopic (exact) mass is 351 g/mol. The first kappa shape index (κ1) is 16.5. The van der Waals surface area contributed by atoms with Crippen molar-refractivity contribution in [3.8, 4) is 5.75 Å². The van der Waals surface area contributed by atoms with Gasteiger partial charge in [-0.1, -0.05) is 0 Å². The first-order valence-electron chi connectivity index (χ1n) is 8.73. The second kappa shape index (κ2) is 6.74. The van der Waals surface area contributed by atoms with Crippen molar-refractivity contribution >= 4 is 22.6 Å². The second-order valence-electron chi connectivity index (χ2n) is 6.56. The molecule has 7 nitrogen and oxygen atoms in total. The Morgan fingerprint density at radius 3 is 2.58 bits per heavy atom. The van der Waals surface area contributed by atoms with Gasteiger partial charge in [0.05, 0.1) is 18.7 Å². The summed E-state index contributed by atoms with van der Waals surface area (Å²) in [5, 5.41) is 5.22. The first-order chi connectivity index (χ1) is 12.7. The zero-order valence-corrected chi connectivity index (χ0v) is 14.9. The lowest BCUT2D eigenvalue weighted by Crippen LogP contribution is -2.37. The molecule has 0 atom stereocenters. The number of rotatable bonds is 4. The molecular weight excluding hydrogens is 330 g/mol. The van der Waals surface area contributed by atoms with Crippen molar-refractivity contribution in [1.82, 2.24) is 19.7 Å². The van der Waals surface area contributed by atoms with Gasteiger partial charge in [0.2, 0.25) is 0 Å². The van der Waals surface area contributed by atoms with Crippen LogP contribution in [0.25, 0.3) is 11.0 Å². The number of carbonyl (C=O) groups excluding carboxylic acids is 1. The Morgan fingerprint density at radius 2 is 1.88 bits per heavy atom. The van der Waals surface area contributed by atoms with Crippen molar-refractivity contribution in [1.29, 1.82) is 0 Å². The first-order valence-corrected chi connectivity index (χ1v) is 8.73. The summed E-state index contributed by atoms with van der Waals surface area (Å²) in [5.41, 5.74) is 1.58. The van der Waals surface area contributed by atoms with E-state index in [1.165, 1.54) is 0 Å². The smallest absolute Gasteiger partial charge is 0.166 e. The fourth-order valence-corrected chi connectivity index (χ4v) is 3.55. The van der Waals surface area contributed by atoms with Gasteiger partial charge >= 0.3 is 0 Å². The van der Waals surface area contributed by atoms with Crippen LogP contribution in [0.2, 0.25) is 0 Å². The fourth-order valence-electron chi connectivity index (χ4n) is 3.55. The van der Waals surface area contributed by atoms with E-state index < -0.39 is 0 Å². The van der Waals surface area contributed by atoms with Crippen LogP contribution >= 0.6 is 0 Å². The molecule has 1 fully saturated rings. The number of aryl methyl sites for hydroxylation is 1. The zero-order chi connectivity index (χ0) is 18.1. The third kappa shape index (κ3) is 2.89. The van der Waals surface area contributed by atoms with Gasteiger partial charge in [-0.15, -0.1) is 0 Å². The van der Waals surface area contributed by atoms with Crippen LogP contribution in [0.4, 0.5) is 5.82 Å². The molecule has 1 aliphatic heterocycles. The lowest BCUT2D eigenvalue weighted by atomic mass is 9.89. The quantitative estimate of drug-likeness (QED) is 0.673. The average Bonchev–Trinajstić information content (AvgIpc) is 3.09. The number of fused-ring (bicyclic) bond motifs is 1. The molecule has 3 heterocycles. The number of benzene rings is 1. The molecule has 134 valence electrons. The summed E-state index contributed by atoms with van der Waals surface area (Å²) in [6.07, 6.45) is 5.01. The zero-order valence-electron chi connectivity index (χ0n) is 14.9. The Morgan fingerprint density at radius 1 is 1.15 bits per heavy atom. The third-order valence-electron chi connectivity index (χ3n) is 5.05. The SMILES string of the molecule is COc1ccc(C(=O)C2CCN(c3ncnc4c3cnn4C)CC2)cc1. The van der Waals surface area contributed by atoms with E-state index in [4.69, 9.17) is 4.74 Å². The maximum Gasteiger partial charge on any atom is 0.166 e. The predicted octanol–water partition coefficient (Wildman–Crippen LogP) is 2.47. The van der Waals surface area contributed by atoms with Crippen LogP contribution in [0.15, 0.2) is 36.8 Å². The topological polar surface area (TPSA) is 73.1 Å². The number of hydrogen-bond donors (Lipinski definition) is 0. The minimum atomic E-state index is 0.0471. The van der Waals surface area contributed by atoms with Crippen molar-refractivity contribution in [2.45, 2.75) is 12.8 Å². The molecule has 1 aromatic carbocycles. The Bertz CT molecular complexity index is 927. The van der Waals surface area contributed by atoms with Crippen molar-refractivity contribution in [2.75, 3.05) is 25.1 Å². The number of ether oxygens (including phenoxy) is 1. The molecule has 3 aromatic rings. The molecule has 2 aromatic heterocycles. The standard InChI is InChI=1S/C19H21N5O2/c1-23-18-16(11-22-23)19(21-12-20-18)24-9-7-14(8-10-24)17(25)13-3-5-15(26-2)6-4-13/h3-6,11-12,14H,7-10H2,1-2H3. The maximum atomic E-state index is 12.8. The van der Waals surface area contributed by atoms with E-state index in [0.29, 0.717) is 0 Å². The van der Waals surface area contributed by atoms with Crippen molar-refractivity contribution in [3.63, 3.8) is 0 Å². The molecule has 0 aliphatic carbocycles. The minimum absolute atomic E-state index is 0.0471. The molecule has 1 saturated heterocycles. The van der Waals surface area contributed by atoms with Gasteiger partial charge in [0, 0.05) is 31.6 Å². The lowest BCUT2D eigenvalue weighted by Gasteiger charge is -2.32. The van der Waals surface area contributed by atoms with Crippen LogP contribution in [0.5, 0.6) is 5.75 Å². The molecule has 0 saturated carbocycles. The van der Waals surface area contributed by atoms with E-state index in [0.717, 1.165) is 54.1 Å². The molecule has 0 spiro atoms. The number of carbonyl (C=O) groups is 1. The number of hydrogen-bond acceptors (Lipinski definition) is 6. The molecule has 26 heavy (non-hydrogen) atoms. The highest BCUT2D eigenvalue weighted by Gasteiger charge is 2.27. The Balaban J connectivity index is 1.47. The molecule has 7 heteroatoms. The number of piperidine rings is 1. The van der Waals surface area contributed by atoms with E-state index in [2.05, 4.69) is 20.0 Å². The van der Waals surface area contributed by atoms with Crippen LogP contribution < -0.4 is 9.64 Å². The van der Waals surface area contributed by atoms with Gasteiger partial charge in [-0.2, -0.15) is 5.10 Å². The van der Waals surface area contributed by atoms with Crippen LogP contribution in [0.3, 0.4) is 0 Å². The highest BCUT2D eigenvalue weighted by atomic mass is 16.5. The number of ketones is 1. The molecule has 0 bridgehead atoms. The highest BCUT2D eigenvalue weighted by Crippen LogP contribution is 2.28. The van der Waals surface area contributed by atoms with E-state index in [-0.39, 0.29) is 11.7 Å². The van der Waals surface area contributed by atoms with E-state index in [1.807, 2.05) is 31.3 Å². The summed E-state index contributed by atoms with van der Waals surface area (Å²) in [6, 6.07) is 7.36. The molecule has 0 radical (unpaired) electrons. The fraction of sp³-hybridized carbons (Fsp3) is 0.368. The van der Waals surface area contributed by atoms with Crippen LogP contribution in [-0.2, 0) is 7.05 Å². The van der Waals surface area contributed by atoms with Crippen molar-refractivity contribution in [2.24, 2.45) is 13.0 Å². The molecule has 1 aliphatic rings. The van der Waals surface area contributed by atoms with Crippen LogP contribution in [-0.4, -0.2) is 45.7 Å². The minimum Gasteiger partial charge on any atom is -0.497 e. The summed E-state index contributed by atoms with van der Waals surface area (Å²) in [4.78, 5) is 23.7. The molecule has 0 N–H and O–H groups in total. The second-order valence-corrected chi connectivity index (χ2v) is 6.56. The predicted molar refractivity (Wildman–Crippen MR) is 98.6 cm³/mol. The number of anilines is 1. The van der Waals surface area contributed by atoms with E-state index in [9.17, 15) is 4.79 Å². The van der Waals surface area contributed by atoms with E-state index >= 15 is 0 Å². The number of methoxy groups -OCH3 is 1. The van der Waals surface area contributed by atoms with Crippen molar-refractivity contribution < 1.29 is 9.53 Å². The Labute approximate surface area is 151 Å². The Kier molecular flexibility index (Phi) is 4.28. The number of Topliss-reactive ketones (excluding diaryl/α,β-unsaturated/α-hetero) is 1. The van der Waals surface area contributed by atoms with Gasteiger partial charge in [-0.05, 0) is 37.1 Å². The van der Waals surface area contributed by atoms with Gasteiger partial charge < -0.3 is 9.64 Å². The highest BCUT2D eigenvalue weighted by molar-refractivity contribution is 5.98. The molecule has 0 amide bonds. The van der Waals surface area contributed by atoms with Crippen LogP contribution in [0.1, 0.15) is 23.2 Å². The summed E-state index contributed by atoms with van der Waals surface area (Å²) >= 11 is 0. The van der Waals surface area contributed by atoms with E-state index in [1.54, 1.807) is 24.3 Å². The van der Waals surface area contributed by atoms with Crippen LogP contribution in [0, 0.1) is 5.92 Å². The molecular formula is C19H21N5O2. The summed E-state index contributed by atoms with van der Waals surface area (Å²) in [5.74, 6) is 1.92. The normalized spacial score (nSPS) is 15.4. The maximum absolute atomic E-state index is 12.8. The molecule has 0 unspecified atom stereocenters. The van der Waals surface area contributed by atoms with Gasteiger partial charge in [-0.25, -0.2) is 9.97 Å². The number of nitrogens with zero attached hydrogens (tertiary/aromatic N) is 5. The summed E-state index contributed by atoms with van der Waals surface area (Å²) in [6.45, 7) is 1.60.